The van der Waals surface area contributed by atoms with Crippen LogP contribution in [0, 0.1) is 5.92 Å². The van der Waals surface area contributed by atoms with Gasteiger partial charge in [-0.3, -0.25) is 9.59 Å². The number of nitrogens with one attached hydrogen (secondary N) is 3. The van der Waals surface area contributed by atoms with Crippen LogP contribution in [0.3, 0.4) is 0 Å². The fourth-order valence-electron chi connectivity index (χ4n) is 1.85. The van der Waals surface area contributed by atoms with E-state index in [1.165, 1.54) is 0 Å². The van der Waals surface area contributed by atoms with Gasteiger partial charge in [-0.15, -0.1) is 6.58 Å². The zero-order valence-corrected chi connectivity index (χ0v) is 12.0. The molecule has 0 radical (unpaired) electrons. The Morgan fingerprint density at radius 3 is 2.57 bits per heavy atom. The van der Waals surface area contributed by atoms with Crippen molar-refractivity contribution in [3.8, 4) is 0 Å². The van der Waals surface area contributed by atoms with Crippen molar-refractivity contribution in [2.24, 2.45) is 5.92 Å². The molecule has 3 N–H and O–H groups in total. The van der Waals surface area contributed by atoms with Gasteiger partial charge in [0.25, 0.3) is 0 Å². The van der Waals surface area contributed by atoms with Gasteiger partial charge in [0.15, 0.2) is 0 Å². The fourth-order valence-corrected chi connectivity index (χ4v) is 1.85. The van der Waals surface area contributed by atoms with Crippen LogP contribution in [0.5, 0.6) is 0 Å². The van der Waals surface area contributed by atoms with Crippen molar-refractivity contribution in [1.29, 1.82) is 0 Å². The van der Waals surface area contributed by atoms with Crippen LogP contribution in [-0.4, -0.2) is 24.9 Å². The number of carbonyl (C=O) groups excluding carboxylic acids is 2. The molecule has 112 valence electrons. The van der Waals surface area contributed by atoms with Gasteiger partial charge < -0.3 is 16.0 Å². The molecule has 0 saturated heterocycles. The fraction of sp³-hybridized carbons (Fsp3) is 0.375. The normalized spacial score (nSPS) is 13.5. The first kappa shape index (κ1) is 15.3. The zero-order valence-electron chi connectivity index (χ0n) is 12.0. The van der Waals surface area contributed by atoms with Gasteiger partial charge in [0.2, 0.25) is 11.8 Å². The van der Waals surface area contributed by atoms with Crippen molar-refractivity contribution in [2.75, 3.05) is 18.4 Å². The van der Waals surface area contributed by atoms with E-state index in [1.807, 2.05) is 24.3 Å². The van der Waals surface area contributed by atoms with Gasteiger partial charge >= 0.3 is 0 Å². The maximum atomic E-state index is 11.6. The van der Waals surface area contributed by atoms with Crippen LogP contribution in [0.2, 0.25) is 0 Å². The summed E-state index contributed by atoms with van der Waals surface area (Å²) in [4.78, 5) is 23.1. The molecule has 1 saturated carbocycles. The molecule has 0 heterocycles. The first-order chi connectivity index (χ1) is 10.2. The SMILES string of the molecule is C=CCNCC(=O)NCc1ccc(NC(=O)C2CC2)cc1. The van der Waals surface area contributed by atoms with E-state index >= 15 is 0 Å². The molecule has 1 aromatic rings. The molecule has 0 atom stereocenters. The standard InChI is InChI=1S/C16H21N3O2/c1-2-9-17-11-15(20)18-10-12-3-7-14(8-4-12)19-16(21)13-5-6-13/h2-4,7-8,13,17H,1,5-6,9-11H2,(H,18,20)(H,19,21). The molecule has 2 rings (SSSR count). The van der Waals surface area contributed by atoms with Crippen molar-refractivity contribution in [1.82, 2.24) is 10.6 Å². The lowest BCUT2D eigenvalue weighted by atomic mass is 10.2. The number of rotatable bonds is 8. The molecule has 0 unspecified atom stereocenters. The minimum Gasteiger partial charge on any atom is -0.351 e. The minimum absolute atomic E-state index is 0.0528. The lowest BCUT2D eigenvalue weighted by Crippen LogP contribution is -2.33. The second-order valence-electron chi connectivity index (χ2n) is 5.16. The Morgan fingerprint density at radius 2 is 1.95 bits per heavy atom. The number of anilines is 1. The molecule has 5 nitrogen and oxygen atoms in total. The van der Waals surface area contributed by atoms with Gasteiger partial charge in [0.05, 0.1) is 6.54 Å². The molecular formula is C16H21N3O2. The lowest BCUT2D eigenvalue weighted by Gasteiger charge is -2.08. The van der Waals surface area contributed by atoms with Crippen LogP contribution in [0.25, 0.3) is 0 Å². The monoisotopic (exact) mass is 287 g/mol. The van der Waals surface area contributed by atoms with E-state index in [9.17, 15) is 9.59 Å². The summed E-state index contributed by atoms with van der Waals surface area (Å²) in [6.07, 6.45) is 3.70. The molecule has 1 aliphatic carbocycles. The third-order valence-electron chi connectivity index (χ3n) is 3.23. The molecule has 21 heavy (non-hydrogen) atoms. The van der Waals surface area contributed by atoms with Crippen LogP contribution >= 0.6 is 0 Å². The van der Waals surface area contributed by atoms with Crippen LogP contribution in [0.1, 0.15) is 18.4 Å². The highest BCUT2D eigenvalue weighted by molar-refractivity contribution is 5.94. The zero-order chi connectivity index (χ0) is 15.1. The molecule has 1 fully saturated rings. The Kier molecular flexibility index (Phi) is 5.51. The maximum Gasteiger partial charge on any atom is 0.234 e. The highest BCUT2D eigenvalue weighted by Crippen LogP contribution is 2.30. The molecular weight excluding hydrogens is 266 g/mol. The summed E-state index contributed by atoms with van der Waals surface area (Å²) in [6, 6.07) is 7.52. The summed E-state index contributed by atoms with van der Waals surface area (Å²) >= 11 is 0. The topological polar surface area (TPSA) is 70.2 Å². The van der Waals surface area contributed by atoms with Crippen LogP contribution < -0.4 is 16.0 Å². The summed E-state index contributed by atoms with van der Waals surface area (Å²) in [5, 5.41) is 8.65. The van der Waals surface area contributed by atoms with Crippen molar-refractivity contribution in [3.05, 3.63) is 42.5 Å². The number of hydrogen-bond donors (Lipinski definition) is 3. The van der Waals surface area contributed by atoms with Gasteiger partial charge in [0.1, 0.15) is 0 Å². The van der Waals surface area contributed by atoms with Crippen molar-refractivity contribution in [3.63, 3.8) is 0 Å². The number of amides is 2. The predicted molar refractivity (Wildman–Crippen MR) is 82.7 cm³/mol. The van der Waals surface area contributed by atoms with E-state index in [4.69, 9.17) is 0 Å². The molecule has 0 bridgehead atoms. The van der Waals surface area contributed by atoms with E-state index < -0.39 is 0 Å². The van der Waals surface area contributed by atoms with Crippen LogP contribution in [0.4, 0.5) is 5.69 Å². The number of benzene rings is 1. The first-order valence-electron chi connectivity index (χ1n) is 7.17. The molecule has 0 aromatic heterocycles. The highest BCUT2D eigenvalue weighted by Gasteiger charge is 2.29. The molecule has 0 aliphatic heterocycles. The first-order valence-corrected chi connectivity index (χ1v) is 7.17. The Morgan fingerprint density at radius 1 is 1.24 bits per heavy atom. The van der Waals surface area contributed by atoms with E-state index in [2.05, 4.69) is 22.5 Å². The van der Waals surface area contributed by atoms with Crippen molar-refractivity contribution in [2.45, 2.75) is 19.4 Å². The molecule has 1 aromatic carbocycles. The van der Waals surface area contributed by atoms with Crippen molar-refractivity contribution < 1.29 is 9.59 Å². The summed E-state index contributed by atoms with van der Waals surface area (Å²) in [5.41, 5.74) is 1.80. The van der Waals surface area contributed by atoms with E-state index in [1.54, 1.807) is 6.08 Å². The molecule has 5 heteroatoms. The predicted octanol–water partition coefficient (Wildman–Crippen LogP) is 1.43. The maximum absolute atomic E-state index is 11.6. The Balaban J connectivity index is 1.72. The average molecular weight is 287 g/mol. The molecule has 2 amide bonds. The van der Waals surface area contributed by atoms with Gasteiger partial charge in [-0.05, 0) is 30.5 Å². The Bertz CT molecular complexity index is 507. The molecule has 0 spiro atoms. The summed E-state index contributed by atoms with van der Waals surface area (Å²) in [7, 11) is 0. The van der Waals surface area contributed by atoms with Crippen LogP contribution in [-0.2, 0) is 16.1 Å². The van der Waals surface area contributed by atoms with Gasteiger partial charge in [-0.25, -0.2) is 0 Å². The highest BCUT2D eigenvalue weighted by atomic mass is 16.2. The van der Waals surface area contributed by atoms with Gasteiger partial charge in [-0.2, -0.15) is 0 Å². The minimum atomic E-state index is -0.0528. The Labute approximate surface area is 124 Å². The third-order valence-corrected chi connectivity index (χ3v) is 3.23. The van der Waals surface area contributed by atoms with Crippen molar-refractivity contribution >= 4 is 17.5 Å². The van der Waals surface area contributed by atoms with Gasteiger partial charge in [0, 0.05) is 24.7 Å². The average Bonchev–Trinajstić information content (AvgIpc) is 3.31. The van der Waals surface area contributed by atoms with Crippen LogP contribution in [0.15, 0.2) is 36.9 Å². The smallest absolute Gasteiger partial charge is 0.234 e. The summed E-state index contributed by atoms with van der Waals surface area (Å²) < 4.78 is 0. The van der Waals surface area contributed by atoms with Gasteiger partial charge in [-0.1, -0.05) is 18.2 Å². The number of hydrogen-bond acceptors (Lipinski definition) is 3. The molecule has 1 aliphatic rings. The largest absolute Gasteiger partial charge is 0.351 e. The Hall–Kier alpha value is -2.14. The second kappa shape index (κ2) is 7.59. The van der Waals surface area contributed by atoms with E-state index in [-0.39, 0.29) is 24.3 Å². The summed E-state index contributed by atoms with van der Waals surface area (Å²) in [5.74, 6) is 0.249. The second-order valence-corrected chi connectivity index (χ2v) is 5.16. The number of carbonyl (C=O) groups is 2. The summed E-state index contributed by atoms with van der Waals surface area (Å²) in [6.45, 7) is 4.94. The quantitative estimate of drug-likeness (QED) is 0.500. The van der Waals surface area contributed by atoms with E-state index in [0.717, 1.165) is 24.1 Å². The van der Waals surface area contributed by atoms with E-state index in [0.29, 0.717) is 13.1 Å². The third kappa shape index (κ3) is 5.39. The lowest BCUT2D eigenvalue weighted by molar-refractivity contribution is -0.120.